The van der Waals surface area contributed by atoms with Crippen molar-refractivity contribution in [3.8, 4) is 0 Å². The highest BCUT2D eigenvalue weighted by molar-refractivity contribution is 7.90. The first-order valence-corrected chi connectivity index (χ1v) is 7.86. The number of benzene rings is 1. The molecule has 1 aliphatic heterocycles. The summed E-state index contributed by atoms with van der Waals surface area (Å²) in [6.45, 7) is 5.35. The van der Waals surface area contributed by atoms with Crippen LogP contribution in [0.1, 0.15) is 25.8 Å². The van der Waals surface area contributed by atoms with Gasteiger partial charge in [0.1, 0.15) is 0 Å². The Morgan fingerprint density at radius 1 is 1.22 bits per heavy atom. The number of hydrogen-bond donors (Lipinski definition) is 0. The minimum Gasteiger partial charge on any atom is -0.257 e. The second kappa shape index (κ2) is 5.28. The first-order chi connectivity index (χ1) is 8.61. The number of nitrogens with zero attached hydrogens (tertiary/aromatic N) is 2. The van der Waals surface area contributed by atoms with E-state index in [0.717, 1.165) is 24.1 Å². The van der Waals surface area contributed by atoms with Crippen LogP contribution in [-0.2, 0) is 16.6 Å². The van der Waals surface area contributed by atoms with E-state index >= 15 is 0 Å². The van der Waals surface area contributed by atoms with Crippen molar-refractivity contribution in [3.63, 3.8) is 0 Å². The van der Waals surface area contributed by atoms with Gasteiger partial charge in [-0.1, -0.05) is 32.0 Å². The molecule has 2 rings (SSSR count). The van der Waals surface area contributed by atoms with E-state index in [2.05, 4.69) is 0 Å². The molecule has 1 aliphatic rings. The van der Waals surface area contributed by atoms with Crippen LogP contribution in [0, 0.1) is 0 Å². The molecule has 18 heavy (non-hydrogen) atoms. The molecular formula is C13H20N2O2S. The molecule has 0 fully saturated rings. The Hall–Kier alpha value is -1.07. The van der Waals surface area contributed by atoms with Gasteiger partial charge in [-0.25, -0.2) is 0 Å². The molecule has 0 atom stereocenters. The Bertz CT molecular complexity index is 509. The molecule has 0 saturated carbocycles. The van der Waals surface area contributed by atoms with Crippen LogP contribution in [-0.4, -0.2) is 32.4 Å². The van der Waals surface area contributed by atoms with Crippen molar-refractivity contribution in [2.24, 2.45) is 0 Å². The fourth-order valence-electron chi connectivity index (χ4n) is 2.43. The maximum Gasteiger partial charge on any atom is 0.304 e. The van der Waals surface area contributed by atoms with Crippen molar-refractivity contribution in [3.05, 3.63) is 29.8 Å². The molecule has 0 aliphatic carbocycles. The predicted octanol–water partition coefficient (Wildman–Crippen LogP) is 2.03. The second-order valence-electron chi connectivity index (χ2n) is 4.40. The standard InChI is InChI=1S/C13H20N2O2S/c1-3-14(4-2)18(16,17)15-11-7-9-12-8-5-6-10-13(12)15/h5-6,8,10H,3-4,7,9,11H2,1-2H3. The summed E-state index contributed by atoms with van der Waals surface area (Å²) in [6.07, 6.45) is 1.85. The van der Waals surface area contributed by atoms with Crippen molar-refractivity contribution in [2.75, 3.05) is 23.9 Å². The number of anilines is 1. The summed E-state index contributed by atoms with van der Waals surface area (Å²) < 4.78 is 28.2. The van der Waals surface area contributed by atoms with Gasteiger partial charge in [0, 0.05) is 19.6 Å². The fraction of sp³-hybridized carbons (Fsp3) is 0.538. The van der Waals surface area contributed by atoms with Crippen molar-refractivity contribution in [2.45, 2.75) is 26.7 Å². The van der Waals surface area contributed by atoms with E-state index in [4.69, 9.17) is 0 Å². The highest BCUT2D eigenvalue weighted by Crippen LogP contribution is 2.29. The van der Waals surface area contributed by atoms with Crippen molar-refractivity contribution < 1.29 is 8.42 Å². The summed E-state index contributed by atoms with van der Waals surface area (Å²) in [5.74, 6) is 0. The lowest BCUT2D eigenvalue weighted by Crippen LogP contribution is -2.45. The van der Waals surface area contributed by atoms with Gasteiger partial charge < -0.3 is 0 Å². The van der Waals surface area contributed by atoms with Crippen molar-refractivity contribution in [1.82, 2.24) is 4.31 Å². The molecule has 0 aromatic heterocycles. The molecule has 100 valence electrons. The summed E-state index contributed by atoms with van der Waals surface area (Å²) in [7, 11) is -3.37. The summed E-state index contributed by atoms with van der Waals surface area (Å²) in [6, 6.07) is 7.77. The molecule has 5 heteroatoms. The third-order valence-corrected chi connectivity index (χ3v) is 5.48. The topological polar surface area (TPSA) is 40.6 Å². The molecule has 0 amide bonds. The molecule has 0 spiro atoms. The Morgan fingerprint density at radius 3 is 2.56 bits per heavy atom. The molecule has 0 bridgehead atoms. The Balaban J connectivity index is 2.41. The normalized spacial score (nSPS) is 15.8. The zero-order chi connectivity index (χ0) is 13.2. The van der Waals surface area contributed by atoms with E-state index in [-0.39, 0.29) is 0 Å². The minimum atomic E-state index is -3.37. The molecule has 1 aromatic rings. The van der Waals surface area contributed by atoms with Crippen LogP contribution in [0.5, 0.6) is 0 Å². The van der Waals surface area contributed by atoms with E-state index in [0.29, 0.717) is 19.6 Å². The largest absolute Gasteiger partial charge is 0.304 e. The average Bonchev–Trinajstić information content (AvgIpc) is 2.39. The van der Waals surface area contributed by atoms with Crippen LogP contribution in [0.2, 0.25) is 0 Å². The van der Waals surface area contributed by atoms with Gasteiger partial charge in [0.05, 0.1) is 5.69 Å². The molecule has 0 saturated heterocycles. The van der Waals surface area contributed by atoms with Gasteiger partial charge in [-0.05, 0) is 24.5 Å². The van der Waals surface area contributed by atoms with Gasteiger partial charge in [0.2, 0.25) is 0 Å². The molecule has 0 unspecified atom stereocenters. The van der Waals surface area contributed by atoms with Crippen LogP contribution in [0.25, 0.3) is 0 Å². The summed E-state index contributed by atoms with van der Waals surface area (Å²) in [5.41, 5.74) is 1.97. The lowest BCUT2D eigenvalue weighted by atomic mass is 10.0. The van der Waals surface area contributed by atoms with Crippen molar-refractivity contribution in [1.29, 1.82) is 0 Å². The number of aryl methyl sites for hydroxylation is 1. The van der Waals surface area contributed by atoms with Gasteiger partial charge >= 0.3 is 10.2 Å². The van der Waals surface area contributed by atoms with Crippen LogP contribution < -0.4 is 4.31 Å². The monoisotopic (exact) mass is 268 g/mol. The maximum absolute atomic E-state index is 12.6. The molecule has 4 nitrogen and oxygen atoms in total. The third-order valence-electron chi connectivity index (χ3n) is 3.38. The number of fused-ring (bicyclic) bond motifs is 1. The van der Waals surface area contributed by atoms with Crippen LogP contribution in [0.3, 0.4) is 0 Å². The lowest BCUT2D eigenvalue weighted by molar-refractivity contribution is 0.440. The molecule has 1 heterocycles. The quantitative estimate of drug-likeness (QED) is 0.838. The number of rotatable bonds is 4. The van der Waals surface area contributed by atoms with E-state index in [1.165, 1.54) is 4.31 Å². The minimum absolute atomic E-state index is 0.511. The van der Waals surface area contributed by atoms with Gasteiger partial charge in [-0.2, -0.15) is 12.7 Å². The molecule has 0 N–H and O–H groups in total. The first-order valence-electron chi connectivity index (χ1n) is 6.47. The second-order valence-corrected chi connectivity index (χ2v) is 6.25. The SMILES string of the molecule is CCN(CC)S(=O)(=O)N1CCCc2ccccc21. The zero-order valence-corrected chi connectivity index (χ0v) is 11.8. The maximum atomic E-state index is 12.6. The Kier molecular flexibility index (Phi) is 3.92. The van der Waals surface area contributed by atoms with E-state index in [1.807, 2.05) is 38.1 Å². The Labute approximate surface area is 109 Å². The van der Waals surface area contributed by atoms with Crippen LogP contribution >= 0.6 is 0 Å². The fourth-order valence-corrected chi connectivity index (χ4v) is 4.15. The highest BCUT2D eigenvalue weighted by atomic mass is 32.2. The molecule has 0 radical (unpaired) electrons. The third kappa shape index (κ3) is 2.24. The lowest BCUT2D eigenvalue weighted by Gasteiger charge is -2.34. The van der Waals surface area contributed by atoms with Gasteiger partial charge in [0.25, 0.3) is 0 Å². The van der Waals surface area contributed by atoms with Crippen LogP contribution in [0.15, 0.2) is 24.3 Å². The molecular weight excluding hydrogens is 248 g/mol. The van der Waals surface area contributed by atoms with E-state index < -0.39 is 10.2 Å². The summed E-state index contributed by atoms with van der Waals surface area (Å²) in [5, 5.41) is 0. The van der Waals surface area contributed by atoms with Gasteiger partial charge in [-0.3, -0.25) is 4.31 Å². The summed E-state index contributed by atoms with van der Waals surface area (Å²) in [4.78, 5) is 0. The van der Waals surface area contributed by atoms with E-state index in [1.54, 1.807) is 4.31 Å². The zero-order valence-electron chi connectivity index (χ0n) is 11.0. The summed E-state index contributed by atoms with van der Waals surface area (Å²) >= 11 is 0. The van der Waals surface area contributed by atoms with Crippen molar-refractivity contribution >= 4 is 15.9 Å². The van der Waals surface area contributed by atoms with Crippen LogP contribution in [0.4, 0.5) is 5.69 Å². The van der Waals surface area contributed by atoms with Gasteiger partial charge in [0.15, 0.2) is 0 Å². The number of hydrogen-bond acceptors (Lipinski definition) is 2. The average molecular weight is 268 g/mol. The first kappa shape index (κ1) is 13.4. The van der Waals surface area contributed by atoms with Gasteiger partial charge in [-0.15, -0.1) is 0 Å². The Morgan fingerprint density at radius 2 is 1.89 bits per heavy atom. The predicted molar refractivity (Wildman–Crippen MR) is 73.9 cm³/mol. The van der Waals surface area contributed by atoms with E-state index in [9.17, 15) is 8.42 Å². The smallest absolute Gasteiger partial charge is 0.257 e. The molecule has 1 aromatic carbocycles. The highest BCUT2D eigenvalue weighted by Gasteiger charge is 2.30. The number of para-hydroxylation sites is 1.